The van der Waals surface area contributed by atoms with Gasteiger partial charge in [-0.15, -0.1) is 0 Å². The molecule has 2 heterocycles. The first-order chi connectivity index (χ1) is 8.77. The van der Waals surface area contributed by atoms with Crippen LogP contribution in [-0.2, 0) is 0 Å². The van der Waals surface area contributed by atoms with Gasteiger partial charge in [0.05, 0.1) is 11.8 Å². The van der Waals surface area contributed by atoms with Crippen LogP contribution in [0.25, 0.3) is 10.8 Å². The van der Waals surface area contributed by atoms with Crippen molar-refractivity contribution in [2.24, 2.45) is 0 Å². The van der Waals surface area contributed by atoms with E-state index in [1.54, 1.807) is 18.5 Å². The van der Waals surface area contributed by atoms with E-state index in [-0.39, 0.29) is 11.0 Å². The molecule has 0 unspecified atom stereocenters. The third kappa shape index (κ3) is 1.69. The van der Waals surface area contributed by atoms with Gasteiger partial charge in [0.15, 0.2) is 5.78 Å². The molecule has 3 rings (SSSR count). The number of carbonyl (C=O) groups is 1. The van der Waals surface area contributed by atoms with Crippen LogP contribution in [0.15, 0.2) is 53.4 Å². The van der Waals surface area contributed by atoms with Crippen LogP contribution in [0.3, 0.4) is 0 Å². The monoisotopic (exact) mass is 257 g/mol. The molecule has 18 heavy (non-hydrogen) atoms. The van der Waals surface area contributed by atoms with Crippen LogP contribution in [0, 0.1) is 0 Å². The van der Waals surface area contributed by atoms with E-state index in [1.165, 1.54) is 6.26 Å². The van der Waals surface area contributed by atoms with Gasteiger partial charge in [-0.05, 0) is 23.1 Å². The van der Waals surface area contributed by atoms with Crippen LogP contribution in [0.4, 0.5) is 0 Å². The van der Waals surface area contributed by atoms with Gasteiger partial charge in [-0.2, -0.15) is 0 Å². The number of nitrogens with zero attached hydrogens (tertiary/aromatic N) is 1. The lowest BCUT2D eigenvalue weighted by atomic mass is 10.0. The predicted molar refractivity (Wildman–Crippen MR) is 68.9 cm³/mol. The Balaban J connectivity index is 2.21. The third-order valence-corrected chi connectivity index (χ3v) is 3.07. The molecule has 0 atom stereocenters. The Morgan fingerprint density at radius 3 is 2.72 bits per heavy atom. The molecule has 0 fully saturated rings. The minimum atomic E-state index is -0.182. The molecule has 0 aliphatic rings. The van der Waals surface area contributed by atoms with Crippen molar-refractivity contribution < 1.29 is 9.21 Å². The number of benzene rings is 1. The van der Waals surface area contributed by atoms with Gasteiger partial charge in [0.1, 0.15) is 0 Å². The summed E-state index contributed by atoms with van der Waals surface area (Å²) in [6, 6.07) is 9.15. The second-order valence-electron chi connectivity index (χ2n) is 3.85. The zero-order chi connectivity index (χ0) is 12.5. The molecule has 88 valence electrons. The average molecular weight is 258 g/mol. The van der Waals surface area contributed by atoms with Crippen LogP contribution in [0.5, 0.6) is 0 Å². The van der Waals surface area contributed by atoms with Gasteiger partial charge in [0.25, 0.3) is 0 Å². The molecule has 0 aliphatic carbocycles. The van der Waals surface area contributed by atoms with Gasteiger partial charge in [-0.3, -0.25) is 9.78 Å². The molecule has 0 radical (unpaired) electrons. The summed E-state index contributed by atoms with van der Waals surface area (Å²) in [7, 11) is 0. The molecule has 0 amide bonds. The fraction of sp³-hybridized carbons (Fsp3) is 0. The summed E-state index contributed by atoms with van der Waals surface area (Å²) < 4.78 is 4.94. The van der Waals surface area contributed by atoms with E-state index in [1.807, 2.05) is 24.3 Å². The number of halogens is 1. The highest BCUT2D eigenvalue weighted by molar-refractivity contribution is 6.34. The molecule has 0 bridgehead atoms. The second kappa shape index (κ2) is 4.27. The number of aromatic nitrogens is 1. The van der Waals surface area contributed by atoms with Crippen molar-refractivity contribution >= 4 is 28.2 Å². The zero-order valence-electron chi connectivity index (χ0n) is 9.26. The fourth-order valence-electron chi connectivity index (χ4n) is 1.90. The Kier molecular flexibility index (Phi) is 2.61. The number of furan rings is 1. The summed E-state index contributed by atoms with van der Waals surface area (Å²) in [5, 5.41) is 1.88. The summed E-state index contributed by atoms with van der Waals surface area (Å²) >= 11 is 5.83. The van der Waals surface area contributed by atoms with Crippen molar-refractivity contribution in [3.63, 3.8) is 0 Å². The van der Waals surface area contributed by atoms with Gasteiger partial charge in [-0.25, -0.2) is 0 Å². The lowest BCUT2D eigenvalue weighted by Crippen LogP contribution is -2.02. The SMILES string of the molecule is O=C(c1ccoc1Cl)c1cncc2ccccc12. The van der Waals surface area contributed by atoms with Crippen LogP contribution in [0.1, 0.15) is 15.9 Å². The Bertz CT molecular complexity index is 728. The Morgan fingerprint density at radius 2 is 1.94 bits per heavy atom. The number of fused-ring (bicyclic) bond motifs is 1. The normalized spacial score (nSPS) is 10.7. The molecule has 0 N–H and O–H groups in total. The van der Waals surface area contributed by atoms with Crippen LogP contribution in [-0.4, -0.2) is 10.8 Å². The van der Waals surface area contributed by atoms with E-state index in [4.69, 9.17) is 16.0 Å². The lowest BCUT2D eigenvalue weighted by Gasteiger charge is -2.03. The molecule has 1 aromatic carbocycles. The highest BCUT2D eigenvalue weighted by Gasteiger charge is 2.17. The zero-order valence-corrected chi connectivity index (χ0v) is 10.0. The van der Waals surface area contributed by atoms with E-state index in [9.17, 15) is 4.79 Å². The standard InChI is InChI=1S/C14H8ClNO2/c15-14-11(5-6-18-14)13(17)12-8-16-7-9-3-1-2-4-10(9)12/h1-8H. The van der Waals surface area contributed by atoms with Crippen molar-refractivity contribution in [2.75, 3.05) is 0 Å². The summed E-state index contributed by atoms with van der Waals surface area (Å²) in [6.45, 7) is 0. The van der Waals surface area contributed by atoms with Crippen molar-refractivity contribution in [1.82, 2.24) is 4.98 Å². The first-order valence-corrected chi connectivity index (χ1v) is 5.75. The van der Waals surface area contributed by atoms with E-state index in [2.05, 4.69) is 4.98 Å². The van der Waals surface area contributed by atoms with Crippen molar-refractivity contribution in [3.8, 4) is 0 Å². The van der Waals surface area contributed by atoms with Gasteiger partial charge in [0.2, 0.25) is 5.22 Å². The highest BCUT2D eigenvalue weighted by atomic mass is 35.5. The third-order valence-electron chi connectivity index (χ3n) is 2.78. The minimum absolute atomic E-state index is 0.105. The summed E-state index contributed by atoms with van der Waals surface area (Å²) in [5.41, 5.74) is 0.881. The molecule has 3 nitrogen and oxygen atoms in total. The topological polar surface area (TPSA) is 43.1 Å². The van der Waals surface area contributed by atoms with E-state index in [0.717, 1.165) is 10.8 Å². The number of carbonyl (C=O) groups excluding carboxylic acids is 1. The molecule has 0 saturated heterocycles. The van der Waals surface area contributed by atoms with E-state index in [0.29, 0.717) is 11.1 Å². The van der Waals surface area contributed by atoms with Gasteiger partial charge in [0, 0.05) is 23.3 Å². The number of ketones is 1. The smallest absolute Gasteiger partial charge is 0.204 e. The number of hydrogen-bond acceptors (Lipinski definition) is 3. The molecule has 2 aromatic heterocycles. The Morgan fingerprint density at radius 1 is 1.11 bits per heavy atom. The maximum Gasteiger partial charge on any atom is 0.204 e. The van der Waals surface area contributed by atoms with E-state index >= 15 is 0 Å². The van der Waals surface area contributed by atoms with Crippen molar-refractivity contribution in [2.45, 2.75) is 0 Å². The Labute approximate surface area is 108 Å². The maximum absolute atomic E-state index is 12.4. The van der Waals surface area contributed by atoms with Crippen LogP contribution < -0.4 is 0 Å². The molecule has 0 spiro atoms. The largest absolute Gasteiger partial charge is 0.452 e. The van der Waals surface area contributed by atoms with Crippen molar-refractivity contribution in [1.29, 1.82) is 0 Å². The number of rotatable bonds is 2. The Hall–Kier alpha value is -2.13. The summed E-state index contributed by atoms with van der Waals surface area (Å²) in [6.07, 6.45) is 4.67. The summed E-state index contributed by atoms with van der Waals surface area (Å²) in [4.78, 5) is 16.4. The maximum atomic E-state index is 12.4. The number of pyridine rings is 1. The van der Waals surface area contributed by atoms with Gasteiger partial charge in [-0.1, -0.05) is 24.3 Å². The fourth-order valence-corrected chi connectivity index (χ4v) is 2.10. The van der Waals surface area contributed by atoms with Crippen LogP contribution >= 0.6 is 11.6 Å². The van der Waals surface area contributed by atoms with Crippen LogP contribution in [0.2, 0.25) is 5.22 Å². The quantitative estimate of drug-likeness (QED) is 0.657. The van der Waals surface area contributed by atoms with Gasteiger partial charge >= 0.3 is 0 Å². The first-order valence-electron chi connectivity index (χ1n) is 5.38. The molecule has 0 aliphatic heterocycles. The second-order valence-corrected chi connectivity index (χ2v) is 4.19. The number of hydrogen-bond donors (Lipinski definition) is 0. The van der Waals surface area contributed by atoms with E-state index < -0.39 is 0 Å². The first kappa shape index (κ1) is 11.0. The molecule has 4 heteroatoms. The summed E-state index contributed by atoms with van der Waals surface area (Å²) in [5.74, 6) is -0.182. The predicted octanol–water partition coefficient (Wildman–Crippen LogP) is 3.71. The molecular formula is C14H8ClNO2. The lowest BCUT2D eigenvalue weighted by molar-refractivity contribution is 0.103. The van der Waals surface area contributed by atoms with Crippen molar-refractivity contribution in [3.05, 3.63) is 65.3 Å². The average Bonchev–Trinajstić information content (AvgIpc) is 2.83. The minimum Gasteiger partial charge on any atom is -0.452 e. The van der Waals surface area contributed by atoms with Gasteiger partial charge < -0.3 is 4.42 Å². The highest BCUT2D eigenvalue weighted by Crippen LogP contribution is 2.24. The molecule has 0 saturated carbocycles. The molecular weight excluding hydrogens is 250 g/mol. The molecule has 3 aromatic rings.